The van der Waals surface area contributed by atoms with Crippen molar-refractivity contribution in [3.05, 3.63) is 60.9 Å². The first-order valence-electron chi connectivity index (χ1n) is 20.9. The lowest BCUT2D eigenvalue weighted by molar-refractivity contribution is -0.147. The summed E-state index contributed by atoms with van der Waals surface area (Å²) in [7, 11) is -4.29. The van der Waals surface area contributed by atoms with Crippen LogP contribution in [0.4, 0.5) is 0 Å². The molecule has 0 radical (unpaired) electrons. The third-order valence-electron chi connectivity index (χ3n) is 8.61. The average Bonchev–Trinajstić information content (AvgIpc) is 3.14. The van der Waals surface area contributed by atoms with Crippen molar-refractivity contribution in [1.82, 2.24) is 0 Å². The zero-order valence-corrected chi connectivity index (χ0v) is 34.5. The van der Waals surface area contributed by atoms with Crippen molar-refractivity contribution in [3.8, 4) is 0 Å². The molecule has 9 nitrogen and oxygen atoms in total. The van der Waals surface area contributed by atoms with Gasteiger partial charge >= 0.3 is 13.8 Å². The third kappa shape index (κ3) is 39.5. The Hall–Kier alpha value is -2.00. The quantitative estimate of drug-likeness (QED) is 0.0139. The lowest BCUT2D eigenvalue weighted by Gasteiger charge is -2.19. The number of aliphatic hydroxyl groups excluding tert-OH is 1. The minimum absolute atomic E-state index is 0.0826. The monoisotopic (exact) mass is 768 g/mol. The van der Waals surface area contributed by atoms with Crippen LogP contribution in [0.25, 0.3) is 0 Å². The van der Waals surface area contributed by atoms with Gasteiger partial charge in [0.25, 0.3) is 0 Å². The second-order valence-electron chi connectivity index (χ2n) is 13.8. The first kappa shape index (κ1) is 51.0. The van der Waals surface area contributed by atoms with E-state index < -0.39 is 20.0 Å². The van der Waals surface area contributed by atoms with Crippen molar-refractivity contribution in [2.24, 2.45) is 5.73 Å². The number of rotatable bonds is 39. The van der Waals surface area contributed by atoms with Crippen molar-refractivity contribution in [3.63, 3.8) is 0 Å². The molecular formula is C43H78NO8P. The Morgan fingerprint density at radius 3 is 1.91 bits per heavy atom. The van der Waals surface area contributed by atoms with Crippen molar-refractivity contribution in [2.75, 3.05) is 26.4 Å². The Morgan fingerprint density at radius 1 is 0.679 bits per heavy atom. The van der Waals surface area contributed by atoms with Gasteiger partial charge in [0, 0.05) is 13.0 Å². The number of phosphoric acid groups is 1. The highest BCUT2D eigenvalue weighted by Crippen LogP contribution is 2.43. The van der Waals surface area contributed by atoms with E-state index in [1.165, 1.54) is 103 Å². The summed E-state index contributed by atoms with van der Waals surface area (Å²) < 4.78 is 33.1. The highest BCUT2D eigenvalue weighted by Gasteiger charge is 2.24. The molecule has 0 saturated heterocycles. The van der Waals surface area contributed by atoms with Gasteiger partial charge in [-0.25, -0.2) is 4.57 Å². The van der Waals surface area contributed by atoms with Gasteiger partial charge in [-0.15, -0.1) is 0 Å². The molecule has 0 spiro atoms. The SMILES string of the molecule is CCCCC/C=C\C[C@@H](O)/C=C/C=C\C/C=C\CCCC(=O)OC[C@H](COP(=O)(O)OCCN)O/C=C/CCCCCCCCCCCCCCCC. The molecule has 0 rings (SSSR count). The predicted molar refractivity (Wildman–Crippen MR) is 220 cm³/mol. The largest absolute Gasteiger partial charge is 0.492 e. The molecule has 1 unspecified atom stereocenters. The molecule has 0 bridgehead atoms. The van der Waals surface area contributed by atoms with E-state index in [0.717, 1.165) is 32.1 Å². The van der Waals surface area contributed by atoms with E-state index in [1.54, 1.807) is 12.3 Å². The number of carbonyl (C=O) groups is 1. The number of hydrogen-bond donors (Lipinski definition) is 3. The van der Waals surface area contributed by atoms with Crippen LogP contribution in [-0.4, -0.2) is 54.5 Å². The van der Waals surface area contributed by atoms with Crippen LogP contribution < -0.4 is 5.73 Å². The molecule has 0 heterocycles. The second-order valence-corrected chi connectivity index (χ2v) is 15.2. The fraction of sp³-hybridized carbons (Fsp3) is 0.744. The molecule has 3 atom stereocenters. The fourth-order valence-corrected chi connectivity index (χ4v) is 6.17. The van der Waals surface area contributed by atoms with Crippen molar-refractivity contribution in [2.45, 2.75) is 180 Å². The Kier molecular flexibility index (Phi) is 38.2. The van der Waals surface area contributed by atoms with E-state index in [-0.39, 0.29) is 38.8 Å². The predicted octanol–water partition coefficient (Wildman–Crippen LogP) is 11.5. The number of aliphatic hydroxyl groups is 1. The van der Waals surface area contributed by atoms with Gasteiger partial charge in [-0.3, -0.25) is 13.8 Å². The topological polar surface area (TPSA) is 138 Å². The van der Waals surface area contributed by atoms with Gasteiger partial charge < -0.3 is 25.2 Å². The smallest absolute Gasteiger partial charge is 0.472 e. The van der Waals surface area contributed by atoms with Crippen LogP contribution in [-0.2, 0) is 27.9 Å². The molecule has 0 saturated carbocycles. The number of allylic oxidation sites excluding steroid dienone is 7. The minimum Gasteiger partial charge on any atom is -0.492 e. The standard InChI is InChI=1S/C43H78NO8P/c1-3-5-7-9-11-12-13-14-15-16-17-18-21-24-28-32-37-49-42(40-52-53(47,48)51-38-36-44)39-50-43(46)35-31-27-23-20-19-22-26-30-34-41(45)33-29-25-10-8-6-4-2/h20,22-23,25-26,29-30,32,34,37,41-42,45H,3-19,21,24,27-28,31,33,35-36,38-40,44H2,1-2H3,(H,47,48)/b23-20-,26-22-,29-25-,34-30+,37-32+/t41-,42-/m1/s1. The van der Waals surface area contributed by atoms with Crippen molar-refractivity contribution >= 4 is 13.8 Å². The number of hydrogen-bond acceptors (Lipinski definition) is 8. The zero-order valence-electron chi connectivity index (χ0n) is 33.6. The maximum absolute atomic E-state index is 12.4. The highest BCUT2D eigenvalue weighted by atomic mass is 31.2. The van der Waals surface area contributed by atoms with Crippen LogP contribution in [0.3, 0.4) is 0 Å². The van der Waals surface area contributed by atoms with Gasteiger partial charge in [-0.05, 0) is 57.4 Å². The highest BCUT2D eigenvalue weighted by molar-refractivity contribution is 7.47. The molecule has 4 N–H and O–H groups in total. The third-order valence-corrected chi connectivity index (χ3v) is 9.59. The molecule has 308 valence electrons. The van der Waals surface area contributed by atoms with Gasteiger partial charge in [-0.2, -0.15) is 0 Å². The summed E-state index contributed by atoms with van der Waals surface area (Å²) in [5.41, 5.74) is 5.35. The Bertz CT molecular complexity index is 1010. The molecule has 0 fully saturated rings. The first-order valence-corrected chi connectivity index (χ1v) is 22.4. The molecule has 53 heavy (non-hydrogen) atoms. The van der Waals surface area contributed by atoms with Crippen LogP contribution >= 0.6 is 7.82 Å². The molecule has 0 aliphatic rings. The number of unbranched alkanes of at least 4 members (excludes halogenated alkanes) is 18. The number of esters is 1. The maximum Gasteiger partial charge on any atom is 0.472 e. The Morgan fingerprint density at radius 2 is 1.25 bits per heavy atom. The molecule has 0 amide bonds. The van der Waals surface area contributed by atoms with Crippen LogP contribution in [0.15, 0.2) is 60.9 Å². The van der Waals surface area contributed by atoms with Crippen LogP contribution in [0.2, 0.25) is 0 Å². The summed E-state index contributed by atoms with van der Waals surface area (Å²) in [4.78, 5) is 22.2. The van der Waals surface area contributed by atoms with E-state index in [4.69, 9.17) is 24.3 Å². The molecule has 0 aromatic rings. The number of ether oxygens (including phenoxy) is 2. The minimum atomic E-state index is -4.29. The Labute approximate surface area is 324 Å². The van der Waals surface area contributed by atoms with Gasteiger partial charge in [0.1, 0.15) is 6.61 Å². The Balaban J connectivity index is 4.27. The molecule has 0 aliphatic carbocycles. The van der Waals surface area contributed by atoms with E-state index in [1.807, 2.05) is 42.5 Å². The molecule has 0 aromatic heterocycles. The summed E-state index contributed by atoms with van der Waals surface area (Å²) >= 11 is 0. The number of carbonyl (C=O) groups excluding carboxylic acids is 1. The van der Waals surface area contributed by atoms with Crippen molar-refractivity contribution in [1.29, 1.82) is 0 Å². The lowest BCUT2D eigenvalue weighted by Crippen LogP contribution is -2.25. The summed E-state index contributed by atoms with van der Waals surface area (Å²) in [5.74, 6) is -0.371. The normalized spacial score (nSPS) is 14.7. The summed E-state index contributed by atoms with van der Waals surface area (Å²) in [6.07, 6.45) is 45.1. The van der Waals surface area contributed by atoms with Crippen LogP contribution in [0, 0.1) is 0 Å². The van der Waals surface area contributed by atoms with E-state index >= 15 is 0 Å². The van der Waals surface area contributed by atoms with Crippen LogP contribution in [0.5, 0.6) is 0 Å². The van der Waals surface area contributed by atoms with Crippen molar-refractivity contribution < 1.29 is 37.9 Å². The van der Waals surface area contributed by atoms with E-state index in [9.17, 15) is 19.4 Å². The maximum atomic E-state index is 12.4. The summed E-state index contributed by atoms with van der Waals surface area (Å²) in [6.45, 7) is 4.03. The van der Waals surface area contributed by atoms with Gasteiger partial charge in [0.05, 0.1) is 25.6 Å². The second kappa shape index (κ2) is 39.7. The van der Waals surface area contributed by atoms with E-state index in [2.05, 4.69) is 19.9 Å². The molecular weight excluding hydrogens is 689 g/mol. The lowest BCUT2D eigenvalue weighted by atomic mass is 10.0. The summed E-state index contributed by atoms with van der Waals surface area (Å²) in [5, 5.41) is 10.0. The fourth-order valence-electron chi connectivity index (χ4n) is 5.41. The van der Waals surface area contributed by atoms with Crippen LogP contribution in [0.1, 0.15) is 168 Å². The molecule has 10 heteroatoms. The van der Waals surface area contributed by atoms with Gasteiger partial charge in [0.2, 0.25) is 0 Å². The number of nitrogens with two attached hydrogens (primary N) is 1. The first-order chi connectivity index (χ1) is 25.8. The van der Waals surface area contributed by atoms with Gasteiger partial charge in [0.15, 0.2) is 6.10 Å². The summed E-state index contributed by atoms with van der Waals surface area (Å²) in [6, 6.07) is 0. The van der Waals surface area contributed by atoms with Gasteiger partial charge in [-0.1, -0.05) is 159 Å². The van der Waals surface area contributed by atoms with E-state index in [0.29, 0.717) is 12.8 Å². The molecule has 0 aromatic carbocycles. The number of phosphoric ester groups is 1. The molecule has 0 aliphatic heterocycles. The average molecular weight is 768 g/mol. The zero-order chi connectivity index (χ0) is 38.9.